The standard InChI is InChI=1S/C8H16O2S/c1-7(2)10-8(9)5-3-4-6-11/h7,11H,3-6H2,1-2H3. The summed E-state index contributed by atoms with van der Waals surface area (Å²) in [7, 11) is 0. The van der Waals surface area contributed by atoms with Gasteiger partial charge >= 0.3 is 5.97 Å². The maximum Gasteiger partial charge on any atom is 0.306 e. The largest absolute Gasteiger partial charge is 0.463 e. The van der Waals surface area contributed by atoms with E-state index in [1.54, 1.807) is 0 Å². The average molecular weight is 176 g/mol. The first-order chi connectivity index (χ1) is 5.16. The van der Waals surface area contributed by atoms with Crippen LogP contribution in [0, 0.1) is 0 Å². The molecule has 0 atom stereocenters. The zero-order valence-electron chi connectivity index (χ0n) is 7.17. The second-order valence-electron chi connectivity index (χ2n) is 2.72. The Hall–Kier alpha value is -0.180. The van der Waals surface area contributed by atoms with Crippen LogP contribution in [-0.4, -0.2) is 17.8 Å². The Morgan fingerprint density at radius 2 is 2.09 bits per heavy atom. The molecule has 0 saturated carbocycles. The number of hydrogen-bond acceptors (Lipinski definition) is 3. The smallest absolute Gasteiger partial charge is 0.306 e. The van der Waals surface area contributed by atoms with Gasteiger partial charge in [-0.3, -0.25) is 4.79 Å². The quantitative estimate of drug-likeness (QED) is 0.394. The molecule has 0 N–H and O–H groups in total. The maximum atomic E-state index is 10.9. The van der Waals surface area contributed by atoms with E-state index in [4.69, 9.17) is 4.74 Å². The average Bonchev–Trinajstić information content (AvgIpc) is 1.86. The highest BCUT2D eigenvalue weighted by molar-refractivity contribution is 7.80. The normalized spacial score (nSPS) is 10.2. The molecule has 11 heavy (non-hydrogen) atoms. The first-order valence-electron chi connectivity index (χ1n) is 3.97. The Balaban J connectivity index is 3.23. The number of ether oxygens (including phenoxy) is 1. The van der Waals surface area contributed by atoms with Crippen LogP contribution in [0.4, 0.5) is 0 Å². The summed E-state index contributed by atoms with van der Waals surface area (Å²) in [5, 5.41) is 0. The van der Waals surface area contributed by atoms with Crippen molar-refractivity contribution in [2.75, 3.05) is 5.75 Å². The molecule has 0 bridgehead atoms. The van der Waals surface area contributed by atoms with E-state index >= 15 is 0 Å². The minimum absolute atomic E-state index is 0.0125. The topological polar surface area (TPSA) is 26.3 Å². The monoisotopic (exact) mass is 176 g/mol. The zero-order valence-corrected chi connectivity index (χ0v) is 8.06. The van der Waals surface area contributed by atoms with E-state index in [2.05, 4.69) is 12.6 Å². The first kappa shape index (κ1) is 10.8. The van der Waals surface area contributed by atoms with Crippen LogP contribution in [0.3, 0.4) is 0 Å². The molecule has 0 aliphatic rings. The third-order valence-corrected chi connectivity index (χ3v) is 1.47. The molecule has 0 rings (SSSR count). The third-order valence-electron chi connectivity index (χ3n) is 1.16. The summed E-state index contributed by atoms with van der Waals surface area (Å²) in [5.41, 5.74) is 0. The van der Waals surface area contributed by atoms with Gasteiger partial charge in [-0.05, 0) is 32.4 Å². The van der Waals surface area contributed by atoms with Crippen molar-refractivity contribution < 1.29 is 9.53 Å². The second-order valence-corrected chi connectivity index (χ2v) is 3.17. The summed E-state index contributed by atoms with van der Waals surface area (Å²) in [5.74, 6) is 0.747. The summed E-state index contributed by atoms with van der Waals surface area (Å²) in [6.45, 7) is 3.72. The molecule has 0 amide bonds. The Morgan fingerprint density at radius 3 is 2.55 bits per heavy atom. The van der Waals surface area contributed by atoms with Gasteiger partial charge in [-0.15, -0.1) is 0 Å². The number of carbonyl (C=O) groups excluding carboxylic acids is 1. The number of unbranched alkanes of at least 4 members (excludes halogenated alkanes) is 1. The van der Waals surface area contributed by atoms with Crippen LogP contribution in [0.15, 0.2) is 0 Å². The summed E-state index contributed by atoms with van der Waals surface area (Å²) in [6.07, 6.45) is 2.41. The Bertz CT molecular complexity index is 113. The molecule has 3 heteroatoms. The lowest BCUT2D eigenvalue weighted by atomic mass is 10.2. The lowest BCUT2D eigenvalue weighted by Crippen LogP contribution is -2.10. The van der Waals surface area contributed by atoms with Gasteiger partial charge in [-0.25, -0.2) is 0 Å². The number of carbonyl (C=O) groups is 1. The van der Waals surface area contributed by atoms with Gasteiger partial charge in [0.1, 0.15) is 0 Å². The van der Waals surface area contributed by atoms with Gasteiger partial charge in [-0.1, -0.05) is 0 Å². The number of hydrogen-bond donors (Lipinski definition) is 1. The Kier molecular flexibility index (Phi) is 6.42. The van der Waals surface area contributed by atoms with Crippen molar-refractivity contribution >= 4 is 18.6 Å². The van der Waals surface area contributed by atoms with Gasteiger partial charge < -0.3 is 4.74 Å². The van der Waals surface area contributed by atoms with Crippen LogP contribution in [0.1, 0.15) is 33.1 Å². The number of rotatable bonds is 5. The molecule has 0 aromatic rings. The predicted octanol–water partition coefficient (Wildman–Crippen LogP) is 2.04. The molecule has 0 spiro atoms. The lowest BCUT2D eigenvalue weighted by Gasteiger charge is -2.06. The van der Waals surface area contributed by atoms with Crippen LogP contribution in [0.2, 0.25) is 0 Å². The van der Waals surface area contributed by atoms with Gasteiger partial charge in [0.2, 0.25) is 0 Å². The van der Waals surface area contributed by atoms with E-state index in [0.717, 1.165) is 18.6 Å². The third kappa shape index (κ3) is 7.72. The van der Waals surface area contributed by atoms with E-state index in [1.165, 1.54) is 0 Å². The molecule has 2 nitrogen and oxygen atoms in total. The fourth-order valence-electron chi connectivity index (χ4n) is 0.703. The second kappa shape index (κ2) is 6.53. The van der Waals surface area contributed by atoms with E-state index in [-0.39, 0.29) is 12.1 Å². The molecular weight excluding hydrogens is 160 g/mol. The highest BCUT2D eigenvalue weighted by Crippen LogP contribution is 2.00. The van der Waals surface area contributed by atoms with Crippen LogP contribution < -0.4 is 0 Å². The van der Waals surface area contributed by atoms with Crippen molar-refractivity contribution in [1.29, 1.82) is 0 Å². The summed E-state index contributed by atoms with van der Waals surface area (Å²) in [6, 6.07) is 0. The molecule has 0 aromatic carbocycles. The van der Waals surface area contributed by atoms with Gasteiger partial charge in [0.15, 0.2) is 0 Å². The van der Waals surface area contributed by atoms with Crippen molar-refractivity contribution in [3.8, 4) is 0 Å². The van der Waals surface area contributed by atoms with Gasteiger partial charge in [0, 0.05) is 6.42 Å². The van der Waals surface area contributed by atoms with E-state index < -0.39 is 0 Å². The Morgan fingerprint density at radius 1 is 1.45 bits per heavy atom. The number of thiol groups is 1. The molecule has 0 aliphatic heterocycles. The molecule has 0 unspecified atom stereocenters. The van der Waals surface area contributed by atoms with Gasteiger partial charge in [-0.2, -0.15) is 12.6 Å². The summed E-state index contributed by atoms with van der Waals surface area (Å²) < 4.78 is 4.93. The lowest BCUT2D eigenvalue weighted by molar-refractivity contribution is -0.147. The number of esters is 1. The SMILES string of the molecule is CC(C)OC(=O)CCCCS. The van der Waals surface area contributed by atoms with Crippen molar-refractivity contribution in [2.24, 2.45) is 0 Å². The van der Waals surface area contributed by atoms with E-state index in [9.17, 15) is 4.79 Å². The molecule has 0 saturated heterocycles. The Labute approximate surface area is 73.7 Å². The minimum Gasteiger partial charge on any atom is -0.463 e. The van der Waals surface area contributed by atoms with Crippen molar-refractivity contribution in [1.82, 2.24) is 0 Å². The summed E-state index contributed by atoms with van der Waals surface area (Å²) in [4.78, 5) is 10.9. The fraction of sp³-hybridized carbons (Fsp3) is 0.875. The molecular formula is C8H16O2S. The van der Waals surface area contributed by atoms with Crippen molar-refractivity contribution in [3.05, 3.63) is 0 Å². The fourth-order valence-corrected chi connectivity index (χ4v) is 0.927. The van der Waals surface area contributed by atoms with E-state index in [0.29, 0.717) is 6.42 Å². The molecule has 0 heterocycles. The molecule has 0 fully saturated rings. The van der Waals surface area contributed by atoms with Crippen LogP contribution >= 0.6 is 12.6 Å². The molecule has 0 aliphatic carbocycles. The maximum absolute atomic E-state index is 10.9. The van der Waals surface area contributed by atoms with Crippen molar-refractivity contribution in [2.45, 2.75) is 39.2 Å². The van der Waals surface area contributed by atoms with Crippen molar-refractivity contribution in [3.63, 3.8) is 0 Å². The minimum atomic E-state index is -0.0956. The molecule has 66 valence electrons. The molecule has 0 aromatic heterocycles. The summed E-state index contributed by atoms with van der Waals surface area (Å²) >= 11 is 4.04. The first-order valence-corrected chi connectivity index (χ1v) is 4.60. The molecule has 0 radical (unpaired) electrons. The van der Waals surface area contributed by atoms with E-state index in [1.807, 2.05) is 13.8 Å². The highest BCUT2D eigenvalue weighted by Gasteiger charge is 2.03. The van der Waals surface area contributed by atoms with Crippen LogP contribution in [0.5, 0.6) is 0 Å². The predicted molar refractivity (Wildman–Crippen MR) is 48.9 cm³/mol. The van der Waals surface area contributed by atoms with Crippen LogP contribution in [-0.2, 0) is 9.53 Å². The van der Waals surface area contributed by atoms with Gasteiger partial charge in [0.25, 0.3) is 0 Å². The van der Waals surface area contributed by atoms with Gasteiger partial charge in [0.05, 0.1) is 6.10 Å². The zero-order chi connectivity index (χ0) is 8.69. The van der Waals surface area contributed by atoms with Crippen LogP contribution in [0.25, 0.3) is 0 Å². The highest BCUT2D eigenvalue weighted by atomic mass is 32.1.